The van der Waals surface area contributed by atoms with E-state index in [0.29, 0.717) is 0 Å². The molecule has 1 heterocycles. The molecule has 1 aliphatic heterocycles. The van der Waals surface area contributed by atoms with E-state index in [0.717, 1.165) is 23.2 Å². The Labute approximate surface area is 125 Å². The molecule has 1 amide bonds. The number of rotatable bonds is 5. The Kier molecular flexibility index (Phi) is 4.63. The largest absolute Gasteiger partial charge is 0.468 e. The number of esters is 1. The minimum absolute atomic E-state index is 0.0825. The Morgan fingerprint density at radius 1 is 1.48 bits per heavy atom. The van der Waals surface area contributed by atoms with Gasteiger partial charge in [-0.3, -0.25) is 14.9 Å². The average Bonchev–Trinajstić information content (AvgIpc) is 2.78. The maximum atomic E-state index is 12.2. The van der Waals surface area contributed by atoms with Crippen molar-refractivity contribution < 1.29 is 14.3 Å². The molecule has 0 aliphatic carbocycles. The Morgan fingerprint density at radius 3 is 2.81 bits per heavy atom. The molecule has 5 nitrogen and oxygen atoms in total. The zero-order valence-corrected chi connectivity index (χ0v) is 12.9. The van der Waals surface area contributed by atoms with Gasteiger partial charge >= 0.3 is 5.97 Å². The number of hydrogen-bond acceptors (Lipinski definition) is 4. The van der Waals surface area contributed by atoms with Gasteiger partial charge in [0.1, 0.15) is 12.1 Å². The lowest BCUT2D eigenvalue weighted by Gasteiger charge is -2.24. The maximum Gasteiger partial charge on any atom is 0.323 e. The molecule has 2 rings (SSSR count). The summed E-state index contributed by atoms with van der Waals surface area (Å²) in [5, 5.41) is 6.00. The van der Waals surface area contributed by atoms with Crippen molar-refractivity contribution in [3.63, 3.8) is 0 Å². The normalized spacial score (nSPS) is 19.6. The quantitative estimate of drug-likeness (QED) is 0.816. The molecule has 3 atom stereocenters. The Morgan fingerprint density at radius 2 is 2.19 bits per heavy atom. The molecule has 5 heteroatoms. The molecule has 0 spiro atoms. The summed E-state index contributed by atoms with van der Waals surface area (Å²) in [6.45, 7) is 5.96. The number of fused-ring (bicyclic) bond motifs is 1. The van der Waals surface area contributed by atoms with Crippen molar-refractivity contribution >= 4 is 17.6 Å². The van der Waals surface area contributed by atoms with Crippen LogP contribution in [0.5, 0.6) is 0 Å². The third kappa shape index (κ3) is 3.08. The number of carbonyl (C=O) groups excluding carboxylic acids is 2. The van der Waals surface area contributed by atoms with Crippen LogP contribution < -0.4 is 10.6 Å². The second kappa shape index (κ2) is 6.26. The van der Waals surface area contributed by atoms with Crippen LogP contribution in [0.3, 0.4) is 0 Å². The molecule has 1 aromatic carbocycles. The molecule has 3 unspecified atom stereocenters. The number of carbonyl (C=O) groups is 2. The Bertz CT molecular complexity index is 556. The van der Waals surface area contributed by atoms with E-state index in [2.05, 4.69) is 10.6 Å². The predicted molar refractivity (Wildman–Crippen MR) is 80.9 cm³/mol. The number of benzene rings is 1. The van der Waals surface area contributed by atoms with Crippen molar-refractivity contribution in [3.8, 4) is 0 Å². The van der Waals surface area contributed by atoms with Gasteiger partial charge < -0.3 is 10.1 Å². The molecule has 2 N–H and O–H groups in total. The first-order valence-electron chi connectivity index (χ1n) is 7.23. The van der Waals surface area contributed by atoms with Gasteiger partial charge in [0.2, 0.25) is 5.91 Å². The van der Waals surface area contributed by atoms with E-state index in [9.17, 15) is 9.59 Å². The highest BCUT2D eigenvalue weighted by Gasteiger charge is 2.36. The smallest absolute Gasteiger partial charge is 0.323 e. The van der Waals surface area contributed by atoms with Crippen molar-refractivity contribution in [3.05, 3.63) is 29.3 Å². The minimum Gasteiger partial charge on any atom is -0.468 e. The number of methoxy groups -OCH3 is 1. The Balaban J connectivity index is 2.27. The van der Waals surface area contributed by atoms with Crippen LogP contribution in [0, 0.1) is 12.8 Å². The predicted octanol–water partition coefficient (Wildman–Crippen LogP) is 2.17. The van der Waals surface area contributed by atoms with E-state index in [1.54, 1.807) is 0 Å². The van der Waals surface area contributed by atoms with Gasteiger partial charge in [-0.1, -0.05) is 38.0 Å². The van der Waals surface area contributed by atoms with Gasteiger partial charge in [0, 0.05) is 11.3 Å². The third-order valence-electron chi connectivity index (χ3n) is 4.05. The van der Waals surface area contributed by atoms with Crippen LogP contribution in [0.15, 0.2) is 18.2 Å². The fraction of sp³-hybridized carbons (Fsp3) is 0.500. The highest BCUT2D eigenvalue weighted by molar-refractivity contribution is 6.02. The number of aryl methyl sites for hydroxylation is 1. The number of nitrogens with one attached hydrogen (secondary N) is 2. The number of hydrogen-bond donors (Lipinski definition) is 2. The van der Waals surface area contributed by atoms with Crippen LogP contribution in [-0.4, -0.2) is 25.0 Å². The number of ether oxygens (including phenoxy) is 1. The SMILES string of the molecule is CCC(C)C(NC1C(=O)Nc2ccc(C)cc21)C(=O)OC. The summed E-state index contributed by atoms with van der Waals surface area (Å²) < 4.78 is 4.86. The number of anilines is 1. The first-order valence-corrected chi connectivity index (χ1v) is 7.23. The van der Waals surface area contributed by atoms with Crippen molar-refractivity contribution in [1.29, 1.82) is 0 Å². The van der Waals surface area contributed by atoms with Gasteiger partial charge in [-0.05, 0) is 18.9 Å². The number of amides is 1. The topological polar surface area (TPSA) is 67.4 Å². The van der Waals surface area contributed by atoms with Crippen LogP contribution in [0.25, 0.3) is 0 Å². The monoisotopic (exact) mass is 290 g/mol. The van der Waals surface area contributed by atoms with E-state index in [4.69, 9.17) is 4.74 Å². The summed E-state index contributed by atoms with van der Waals surface area (Å²) in [5.74, 6) is -0.384. The molecule has 21 heavy (non-hydrogen) atoms. The van der Waals surface area contributed by atoms with Crippen molar-refractivity contribution in [2.24, 2.45) is 5.92 Å². The molecule has 0 saturated heterocycles. The van der Waals surface area contributed by atoms with Crippen LogP contribution in [-0.2, 0) is 14.3 Å². The van der Waals surface area contributed by atoms with E-state index >= 15 is 0 Å². The standard InChI is InChI=1S/C16H22N2O3/c1-5-10(3)13(16(20)21-4)18-14-11-8-9(2)6-7-12(11)17-15(14)19/h6-8,10,13-14,18H,5H2,1-4H3,(H,17,19). The summed E-state index contributed by atoms with van der Waals surface area (Å²) in [7, 11) is 1.37. The molecule has 0 aromatic heterocycles. The first-order chi connectivity index (χ1) is 9.97. The molecular formula is C16H22N2O3. The molecular weight excluding hydrogens is 268 g/mol. The summed E-state index contributed by atoms with van der Waals surface area (Å²) >= 11 is 0. The van der Waals surface area contributed by atoms with Crippen LogP contribution >= 0.6 is 0 Å². The third-order valence-corrected chi connectivity index (χ3v) is 4.05. The minimum atomic E-state index is -0.516. The lowest BCUT2D eigenvalue weighted by Crippen LogP contribution is -2.46. The summed E-state index contributed by atoms with van der Waals surface area (Å²) in [5.41, 5.74) is 2.77. The molecule has 1 aliphatic rings. The zero-order valence-electron chi connectivity index (χ0n) is 12.9. The van der Waals surface area contributed by atoms with Gasteiger partial charge in [-0.15, -0.1) is 0 Å². The highest BCUT2D eigenvalue weighted by Crippen LogP contribution is 2.32. The van der Waals surface area contributed by atoms with Crippen LogP contribution in [0.4, 0.5) is 5.69 Å². The Hall–Kier alpha value is -1.88. The summed E-state index contributed by atoms with van der Waals surface area (Å²) in [6, 6.07) is 4.80. The van der Waals surface area contributed by atoms with Crippen molar-refractivity contribution in [2.75, 3.05) is 12.4 Å². The van der Waals surface area contributed by atoms with Crippen LogP contribution in [0.2, 0.25) is 0 Å². The van der Waals surface area contributed by atoms with Crippen molar-refractivity contribution in [1.82, 2.24) is 5.32 Å². The fourth-order valence-electron chi connectivity index (χ4n) is 2.55. The molecule has 0 radical (unpaired) electrons. The van der Waals surface area contributed by atoms with Gasteiger partial charge in [0.25, 0.3) is 0 Å². The molecule has 0 bridgehead atoms. The van der Waals surface area contributed by atoms with Crippen molar-refractivity contribution in [2.45, 2.75) is 39.3 Å². The molecule has 114 valence electrons. The van der Waals surface area contributed by atoms with E-state index in [1.165, 1.54) is 7.11 Å². The molecule has 0 saturated carbocycles. The second-order valence-electron chi connectivity index (χ2n) is 5.57. The summed E-state index contributed by atoms with van der Waals surface area (Å²) in [4.78, 5) is 24.1. The van der Waals surface area contributed by atoms with E-state index < -0.39 is 12.1 Å². The highest BCUT2D eigenvalue weighted by atomic mass is 16.5. The molecule has 1 aromatic rings. The second-order valence-corrected chi connectivity index (χ2v) is 5.57. The fourth-order valence-corrected chi connectivity index (χ4v) is 2.55. The van der Waals surface area contributed by atoms with Gasteiger partial charge in [0.05, 0.1) is 7.11 Å². The van der Waals surface area contributed by atoms with E-state index in [-0.39, 0.29) is 17.8 Å². The maximum absolute atomic E-state index is 12.2. The molecule has 0 fully saturated rings. The van der Waals surface area contributed by atoms with Crippen LogP contribution in [0.1, 0.15) is 37.4 Å². The van der Waals surface area contributed by atoms with E-state index in [1.807, 2.05) is 39.0 Å². The first kappa shape index (κ1) is 15.5. The van der Waals surface area contributed by atoms with Gasteiger partial charge in [-0.25, -0.2) is 0 Å². The van der Waals surface area contributed by atoms with Gasteiger partial charge in [0.15, 0.2) is 0 Å². The lowest BCUT2D eigenvalue weighted by molar-refractivity contribution is -0.145. The lowest BCUT2D eigenvalue weighted by atomic mass is 9.96. The zero-order chi connectivity index (χ0) is 15.6. The average molecular weight is 290 g/mol. The summed E-state index contributed by atoms with van der Waals surface area (Å²) in [6.07, 6.45) is 0.821. The van der Waals surface area contributed by atoms with Gasteiger partial charge in [-0.2, -0.15) is 0 Å².